The molecule has 0 saturated carbocycles. The molecule has 0 aliphatic rings. The molecule has 0 radical (unpaired) electrons. The van der Waals surface area contributed by atoms with Gasteiger partial charge < -0.3 is 4.74 Å². The molecule has 142 valence electrons. The highest BCUT2D eigenvalue weighted by molar-refractivity contribution is 7.21. The molecule has 27 heavy (non-hydrogen) atoms. The molecule has 1 nitrogen and oxygen atoms in total. The van der Waals surface area contributed by atoms with Gasteiger partial charge in [-0.25, -0.2) is 0 Å². The van der Waals surface area contributed by atoms with Crippen molar-refractivity contribution in [2.45, 2.75) is 59.3 Å². The summed E-state index contributed by atoms with van der Waals surface area (Å²) in [6.07, 6.45) is 7.13. The normalized spacial score (nSPS) is 11.8. The molecular formula is C24H28OS2. The van der Waals surface area contributed by atoms with Crippen molar-refractivity contribution < 1.29 is 4.74 Å². The van der Waals surface area contributed by atoms with Crippen LogP contribution in [0.5, 0.6) is 5.06 Å². The highest BCUT2D eigenvalue weighted by Crippen LogP contribution is 2.42. The number of benzene rings is 2. The fourth-order valence-electron chi connectivity index (χ4n) is 4.09. The van der Waals surface area contributed by atoms with Gasteiger partial charge in [0.2, 0.25) is 0 Å². The third-order valence-corrected chi connectivity index (χ3v) is 7.58. The highest BCUT2D eigenvalue weighted by atomic mass is 32.1. The van der Waals surface area contributed by atoms with Crippen LogP contribution in [-0.2, 0) is 12.8 Å². The van der Waals surface area contributed by atoms with Crippen molar-refractivity contribution in [3.63, 3.8) is 0 Å². The predicted molar refractivity (Wildman–Crippen MR) is 123 cm³/mol. The maximum Gasteiger partial charge on any atom is 0.174 e. The first-order chi connectivity index (χ1) is 13.3. The van der Waals surface area contributed by atoms with Gasteiger partial charge in [0.15, 0.2) is 5.06 Å². The van der Waals surface area contributed by atoms with Gasteiger partial charge >= 0.3 is 0 Å². The Hall–Kier alpha value is -1.58. The fourth-order valence-corrected chi connectivity index (χ4v) is 6.24. The Morgan fingerprint density at radius 3 is 2.30 bits per heavy atom. The van der Waals surface area contributed by atoms with Crippen LogP contribution in [0.1, 0.15) is 57.6 Å². The lowest BCUT2D eigenvalue weighted by Crippen LogP contribution is -1.94. The smallest absolute Gasteiger partial charge is 0.174 e. The van der Waals surface area contributed by atoms with E-state index in [1.807, 2.05) is 22.7 Å². The van der Waals surface area contributed by atoms with Gasteiger partial charge in [-0.05, 0) is 81.6 Å². The largest absolute Gasteiger partial charge is 0.484 e. The van der Waals surface area contributed by atoms with Crippen LogP contribution >= 0.6 is 22.7 Å². The summed E-state index contributed by atoms with van der Waals surface area (Å²) in [4.78, 5) is 0. The molecular weight excluding hydrogens is 368 g/mol. The molecule has 2 heterocycles. The molecule has 3 heteroatoms. The number of aryl methyl sites for hydroxylation is 2. The zero-order valence-electron chi connectivity index (χ0n) is 16.6. The second-order valence-corrected chi connectivity index (χ2v) is 9.18. The first kappa shape index (κ1) is 18.8. The van der Waals surface area contributed by atoms with Crippen LogP contribution in [0.25, 0.3) is 30.9 Å². The Morgan fingerprint density at radius 2 is 1.56 bits per heavy atom. The zero-order chi connectivity index (χ0) is 18.8. The number of fused-ring (bicyclic) bond motifs is 3. The molecule has 0 aliphatic carbocycles. The van der Waals surface area contributed by atoms with Crippen molar-refractivity contribution >= 4 is 53.6 Å². The number of rotatable bonds is 8. The quantitative estimate of drug-likeness (QED) is 0.272. The van der Waals surface area contributed by atoms with Gasteiger partial charge in [0, 0.05) is 9.40 Å². The third kappa shape index (κ3) is 3.48. The Labute approximate surface area is 170 Å². The van der Waals surface area contributed by atoms with Crippen LogP contribution in [0.4, 0.5) is 0 Å². The number of hydrogen-bond acceptors (Lipinski definition) is 3. The highest BCUT2D eigenvalue weighted by Gasteiger charge is 2.15. The zero-order valence-corrected chi connectivity index (χ0v) is 18.2. The minimum absolute atomic E-state index is 0.837. The van der Waals surface area contributed by atoms with Gasteiger partial charge in [0.05, 0.1) is 6.61 Å². The average Bonchev–Trinajstić information content (AvgIpc) is 3.30. The van der Waals surface area contributed by atoms with Crippen molar-refractivity contribution in [3.05, 3.63) is 40.8 Å². The van der Waals surface area contributed by atoms with Gasteiger partial charge in [-0.1, -0.05) is 51.4 Å². The summed E-state index contributed by atoms with van der Waals surface area (Å²) < 4.78 is 8.96. The lowest BCUT2D eigenvalue weighted by molar-refractivity contribution is 0.314. The van der Waals surface area contributed by atoms with Crippen LogP contribution in [0.2, 0.25) is 0 Å². The van der Waals surface area contributed by atoms with E-state index in [0.717, 1.165) is 30.9 Å². The molecule has 2 aromatic heterocycles. The average molecular weight is 397 g/mol. The van der Waals surface area contributed by atoms with Gasteiger partial charge in [-0.3, -0.25) is 0 Å². The number of unbranched alkanes of at least 4 members (excludes halogenated alkanes) is 3. The van der Waals surface area contributed by atoms with Crippen molar-refractivity contribution in [3.8, 4) is 5.06 Å². The molecule has 4 aromatic rings. The number of hydrogen-bond donors (Lipinski definition) is 0. The molecule has 4 rings (SSSR count). The van der Waals surface area contributed by atoms with Crippen LogP contribution < -0.4 is 4.74 Å². The second-order valence-electron chi connectivity index (χ2n) is 7.24. The van der Waals surface area contributed by atoms with Crippen LogP contribution in [0.3, 0.4) is 0 Å². The molecule has 0 atom stereocenters. The second kappa shape index (κ2) is 8.20. The van der Waals surface area contributed by atoms with E-state index >= 15 is 0 Å². The molecule has 0 fully saturated rings. The van der Waals surface area contributed by atoms with E-state index in [1.165, 1.54) is 61.3 Å². The summed E-state index contributed by atoms with van der Waals surface area (Å²) in [5.74, 6) is 0. The summed E-state index contributed by atoms with van der Waals surface area (Å²) in [5, 5.41) is 8.90. The lowest BCUT2D eigenvalue weighted by Gasteiger charge is -2.11. The fraction of sp³-hybridized carbons (Fsp3) is 0.417. The predicted octanol–water partition coefficient (Wildman–Crippen LogP) is 8.35. The van der Waals surface area contributed by atoms with Crippen molar-refractivity contribution in [1.29, 1.82) is 0 Å². The Morgan fingerprint density at radius 1 is 0.815 bits per heavy atom. The van der Waals surface area contributed by atoms with E-state index < -0.39 is 0 Å². The van der Waals surface area contributed by atoms with E-state index in [4.69, 9.17) is 4.74 Å². The summed E-state index contributed by atoms with van der Waals surface area (Å²) in [7, 11) is 0. The molecule has 2 aromatic carbocycles. The maximum atomic E-state index is 6.10. The molecule has 0 bridgehead atoms. The lowest BCUT2D eigenvalue weighted by atomic mass is 9.94. The SMILES string of the molecule is CCCCCCOc1cc2cc3c(CC)c4sccc4cc3c(CC)c2s1. The maximum absolute atomic E-state index is 6.10. The molecule has 0 amide bonds. The number of ether oxygens (including phenoxy) is 1. The summed E-state index contributed by atoms with van der Waals surface area (Å²) in [6.45, 7) is 7.65. The summed E-state index contributed by atoms with van der Waals surface area (Å²) in [5.41, 5.74) is 2.98. The first-order valence-corrected chi connectivity index (χ1v) is 12.0. The van der Waals surface area contributed by atoms with Crippen LogP contribution in [0, 0.1) is 0 Å². The topological polar surface area (TPSA) is 9.23 Å². The molecule has 0 spiro atoms. The van der Waals surface area contributed by atoms with E-state index in [9.17, 15) is 0 Å². The molecule has 0 N–H and O–H groups in total. The van der Waals surface area contributed by atoms with Crippen LogP contribution in [-0.4, -0.2) is 6.61 Å². The molecule has 0 unspecified atom stereocenters. The van der Waals surface area contributed by atoms with Crippen molar-refractivity contribution in [1.82, 2.24) is 0 Å². The van der Waals surface area contributed by atoms with Crippen molar-refractivity contribution in [2.75, 3.05) is 6.61 Å². The van der Waals surface area contributed by atoms with Crippen LogP contribution in [0.15, 0.2) is 29.6 Å². The standard InChI is InChI=1S/C24H28OS2/c1-4-7-8-9-11-25-22-15-17-14-21-18(5-2)23-16(10-12-26-23)13-20(21)19(6-3)24(17)27-22/h10,12-15H,4-9,11H2,1-3H3. The summed E-state index contributed by atoms with van der Waals surface area (Å²) in [6, 6.07) is 9.34. The van der Waals surface area contributed by atoms with Gasteiger partial charge in [0.25, 0.3) is 0 Å². The van der Waals surface area contributed by atoms with Gasteiger partial charge in [-0.2, -0.15) is 0 Å². The third-order valence-electron chi connectivity index (χ3n) is 5.47. The minimum atomic E-state index is 0.837. The number of thiophene rings is 2. The molecule has 0 saturated heterocycles. The Balaban J connectivity index is 1.79. The Kier molecular flexibility index (Phi) is 5.70. The van der Waals surface area contributed by atoms with Gasteiger partial charge in [0.1, 0.15) is 0 Å². The van der Waals surface area contributed by atoms with Gasteiger partial charge in [-0.15, -0.1) is 11.3 Å². The van der Waals surface area contributed by atoms with Crippen molar-refractivity contribution in [2.24, 2.45) is 0 Å². The molecule has 0 aliphatic heterocycles. The van der Waals surface area contributed by atoms with E-state index in [1.54, 1.807) is 0 Å². The van der Waals surface area contributed by atoms with E-state index in [0.29, 0.717) is 0 Å². The van der Waals surface area contributed by atoms with E-state index in [-0.39, 0.29) is 0 Å². The minimum Gasteiger partial charge on any atom is -0.484 e. The van der Waals surface area contributed by atoms with E-state index in [2.05, 4.69) is 50.4 Å². The Bertz CT molecular complexity index is 1070. The summed E-state index contributed by atoms with van der Waals surface area (Å²) >= 11 is 3.70. The first-order valence-electron chi connectivity index (χ1n) is 10.3. The monoisotopic (exact) mass is 396 g/mol.